The Labute approximate surface area is 131 Å². The molecule has 1 aromatic rings. The Balaban J connectivity index is 2.23. The molecule has 1 heterocycles. The van der Waals surface area contributed by atoms with Crippen molar-refractivity contribution < 1.29 is 8.42 Å². The summed E-state index contributed by atoms with van der Waals surface area (Å²) < 4.78 is 26.9. The van der Waals surface area contributed by atoms with Gasteiger partial charge in [0, 0.05) is 29.2 Å². The zero-order valence-electron chi connectivity index (χ0n) is 12.3. The molecule has 2 rings (SSSR count). The average Bonchev–Trinajstić information content (AvgIpc) is 2.44. The lowest BCUT2D eigenvalue weighted by Gasteiger charge is -2.36. The summed E-state index contributed by atoms with van der Waals surface area (Å²) in [6.07, 6.45) is 0. The summed E-state index contributed by atoms with van der Waals surface area (Å²) in [6, 6.07) is 6.67. The minimum atomic E-state index is -3.42. The number of nitrogens with two attached hydrogens (primary N) is 1. The maximum absolute atomic E-state index is 12.7. The van der Waals surface area contributed by atoms with Crippen LogP contribution in [0.3, 0.4) is 0 Å². The van der Waals surface area contributed by atoms with Crippen molar-refractivity contribution in [1.29, 1.82) is 0 Å². The highest BCUT2D eigenvalue weighted by molar-refractivity contribution is 8.00. The van der Waals surface area contributed by atoms with Crippen LogP contribution < -0.4 is 5.73 Å². The largest absolute Gasteiger partial charge is 0.320 e. The number of nitrogens with zero attached hydrogens (tertiary/aromatic N) is 1. The molecule has 1 saturated heterocycles. The predicted octanol–water partition coefficient (Wildman–Crippen LogP) is 1.51. The van der Waals surface area contributed by atoms with Crippen molar-refractivity contribution in [2.45, 2.75) is 23.5 Å². The van der Waals surface area contributed by atoms with Gasteiger partial charge in [0.1, 0.15) is 0 Å². The number of sulfonamides is 1. The van der Waals surface area contributed by atoms with Crippen LogP contribution in [0, 0.1) is 11.8 Å². The highest BCUT2D eigenvalue weighted by Gasteiger charge is 2.34. The van der Waals surface area contributed by atoms with Gasteiger partial charge in [-0.3, -0.25) is 0 Å². The van der Waals surface area contributed by atoms with Gasteiger partial charge in [0.15, 0.2) is 0 Å². The number of benzene rings is 1. The van der Waals surface area contributed by atoms with Gasteiger partial charge in [-0.25, -0.2) is 8.42 Å². The van der Waals surface area contributed by atoms with E-state index in [0.29, 0.717) is 24.5 Å². The summed E-state index contributed by atoms with van der Waals surface area (Å²) in [4.78, 5) is 0.323. The monoisotopic (exact) mass is 324 g/mol. The van der Waals surface area contributed by atoms with Gasteiger partial charge in [0.05, 0.1) is 11.4 Å². The molecule has 0 saturated carbocycles. The van der Waals surface area contributed by atoms with Gasteiger partial charge in [-0.15, -0.1) is 0 Å². The second-order valence-electron chi connectivity index (χ2n) is 5.48. The molecule has 0 bridgehead atoms. The van der Waals surface area contributed by atoms with Crippen LogP contribution in [0.15, 0.2) is 29.2 Å². The fourth-order valence-electron chi connectivity index (χ4n) is 2.19. The van der Waals surface area contributed by atoms with E-state index in [2.05, 4.69) is 25.7 Å². The van der Waals surface area contributed by atoms with E-state index >= 15 is 0 Å². The molecular weight excluding hydrogens is 304 g/mol. The van der Waals surface area contributed by atoms with E-state index in [1.54, 1.807) is 28.6 Å². The molecule has 1 aliphatic heterocycles. The van der Waals surface area contributed by atoms with Gasteiger partial charge in [0.2, 0.25) is 10.0 Å². The highest BCUT2D eigenvalue weighted by atomic mass is 32.2. The molecule has 0 atom stereocenters. The average molecular weight is 324 g/mol. The minimum Gasteiger partial charge on any atom is -0.320 e. The Morgan fingerprint density at radius 2 is 2.00 bits per heavy atom. The molecule has 0 amide bonds. The fraction of sp³-hybridized carbons (Fsp3) is 0.467. The predicted molar refractivity (Wildman–Crippen MR) is 87.7 cm³/mol. The Morgan fingerprint density at radius 3 is 2.57 bits per heavy atom. The highest BCUT2D eigenvalue weighted by Crippen LogP contribution is 2.32. The first-order chi connectivity index (χ1) is 9.85. The van der Waals surface area contributed by atoms with Crippen molar-refractivity contribution in [3.8, 4) is 11.8 Å². The first-order valence-electron chi connectivity index (χ1n) is 6.78. The first-order valence-corrected chi connectivity index (χ1v) is 9.21. The van der Waals surface area contributed by atoms with E-state index in [4.69, 9.17) is 5.73 Å². The molecule has 1 aromatic carbocycles. The molecule has 0 aliphatic carbocycles. The van der Waals surface area contributed by atoms with Crippen molar-refractivity contribution in [2.75, 3.05) is 25.4 Å². The topological polar surface area (TPSA) is 63.4 Å². The minimum absolute atomic E-state index is 0.0438. The summed E-state index contributed by atoms with van der Waals surface area (Å²) in [5.74, 6) is 6.47. The first kappa shape index (κ1) is 16.4. The molecular formula is C15H20N2O2S2. The lowest BCUT2D eigenvalue weighted by Crippen LogP contribution is -2.46. The zero-order chi connectivity index (χ0) is 15.5. The Bertz CT molecular complexity index is 655. The molecule has 21 heavy (non-hydrogen) atoms. The summed E-state index contributed by atoms with van der Waals surface area (Å²) >= 11 is 1.81. The van der Waals surface area contributed by atoms with Crippen LogP contribution in [-0.4, -0.2) is 42.9 Å². The van der Waals surface area contributed by atoms with Crippen LogP contribution in [-0.2, 0) is 10.0 Å². The third-order valence-electron chi connectivity index (χ3n) is 3.22. The van der Waals surface area contributed by atoms with Crippen molar-refractivity contribution in [3.05, 3.63) is 29.8 Å². The van der Waals surface area contributed by atoms with E-state index in [-0.39, 0.29) is 4.75 Å². The van der Waals surface area contributed by atoms with E-state index in [0.717, 1.165) is 11.3 Å². The van der Waals surface area contributed by atoms with Crippen LogP contribution >= 0.6 is 11.8 Å². The van der Waals surface area contributed by atoms with Crippen LogP contribution in [0.5, 0.6) is 0 Å². The smallest absolute Gasteiger partial charge is 0.243 e. The lowest BCUT2D eigenvalue weighted by molar-refractivity contribution is 0.387. The molecule has 0 unspecified atom stereocenters. The third kappa shape index (κ3) is 4.01. The quantitative estimate of drug-likeness (QED) is 0.838. The van der Waals surface area contributed by atoms with Crippen LogP contribution in [0.2, 0.25) is 0 Å². The summed E-state index contributed by atoms with van der Waals surface area (Å²) in [7, 11) is -3.42. The number of rotatable bonds is 2. The molecule has 6 heteroatoms. The van der Waals surface area contributed by atoms with Gasteiger partial charge < -0.3 is 5.73 Å². The summed E-state index contributed by atoms with van der Waals surface area (Å²) in [5, 5.41) is 0. The summed E-state index contributed by atoms with van der Waals surface area (Å²) in [6.45, 7) is 5.54. The standard InChI is InChI=1S/C15H20N2O2S2/c1-15(2)12-17(10-11-20-15)21(18,19)14-7-5-13(6-8-14)4-3-9-16/h5-8H,9-12,16H2,1-2H3. The molecule has 0 spiro atoms. The van der Waals surface area contributed by atoms with Crippen molar-refractivity contribution in [2.24, 2.45) is 5.73 Å². The van der Waals surface area contributed by atoms with Crippen molar-refractivity contribution >= 4 is 21.8 Å². The number of thioether (sulfide) groups is 1. The fourth-order valence-corrected chi connectivity index (χ4v) is 5.10. The van der Waals surface area contributed by atoms with Gasteiger partial charge in [0.25, 0.3) is 0 Å². The van der Waals surface area contributed by atoms with E-state index in [1.807, 2.05) is 11.8 Å². The second kappa shape index (κ2) is 6.41. The van der Waals surface area contributed by atoms with Gasteiger partial charge in [-0.1, -0.05) is 11.8 Å². The van der Waals surface area contributed by atoms with Crippen LogP contribution in [0.25, 0.3) is 0 Å². The summed E-state index contributed by atoms with van der Waals surface area (Å²) in [5.41, 5.74) is 6.09. The molecule has 1 aliphatic rings. The van der Waals surface area contributed by atoms with Crippen molar-refractivity contribution in [1.82, 2.24) is 4.31 Å². The Kier molecular flexibility index (Phi) is 4.99. The number of hydrogen-bond donors (Lipinski definition) is 1. The Hall–Kier alpha value is -1.00. The molecule has 1 fully saturated rings. The molecule has 4 nitrogen and oxygen atoms in total. The van der Waals surface area contributed by atoms with E-state index in [1.165, 1.54) is 0 Å². The van der Waals surface area contributed by atoms with Gasteiger partial charge >= 0.3 is 0 Å². The molecule has 0 aromatic heterocycles. The van der Waals surface area contributed by atoms with Crippen LogP contribution in [0.4, 0.5) is 0 Å². The van der Waals surface area contributed by atoms with Gasteiger partial charge in [-0.05, 0) is 38.1 Å². The molecule has 114 valence electrons. The Morgan fingerprint density at radius 1 is 1.33 bits per heavy atom. The molecule has 2 N–H and O–H groups in total. The van der Waals surface area contributed by atoms with Gasteiger partial charge in [-0.2, -0.15) is 16.1 Å². The molecule has 0 radical (unpaired) electrons. The lowest BCUT2D eigenvalue weighted by atomic mass is 10.2. The van der Waals surface area contributed by atoms with E-state index < -0.39 is 10.0 Å². The van der Waals surface area contributed by atoms with Crippen LogP contribution in [0.1, 0.15) is 19.4 Å². The van der Waals surface area contributed by atoms with Crippen molar-refractivity contribution in [3.63, 3.8) is 0 Å². The zero-order valence-corrected chi connectivity index (χ0v) is 13.9. The maximum atomic E-state index is 12.7. The normalized spacial score (nSPS) is 18.8. The second-order valence-corrected chi connectivity index (χ2v) is 9.22. The SMILES string of the molecule is CC1(C)CN(S(=O)(=O)c2ccc(C#CCN)cc2)CCS1. The van der Waals surface area contributed by atoms with E-state index in [9.17, 15) is 8.42 Å². The maximum Gasteiger partial charge on any atom is 0.243 e. The number of hydrogen-bond acceptors (Lipinski definition) is 4. The third-order valence-corrected chi connectivity index (χ3v) is 6.37.